The van der Waals surface area contributed by atoms with Crippen LogP contribution >= 0.6 is 0 Å². The predicted molar refractivity (Wildman–Crippen MR) is 71.4 cm³/mol. The monoisotopic (exact) mass is 263 g/mol. The van der Waals surface area contributed by atoms with E-state index in [-0.39, 0.29) is 12.1 Å². The number of nitrogens with one attached hydrogen (secondary N) is 1. The molecule has 0 saturated carbocycles. The van der Waals surface area contributed by atoms with E-state index in [2.05, 4.69) is 34.4 Å². The van der Waals surface area contributed by atoms with Gasteiger partial charge in [-0.3, -0.25) is 4.68 Å². The molecule has 0 aliphatic rings. The first kappa shape index (κ1) is 13.7. The zero-order valence-corrected chi connectivity index (χ0v) is 11.9. The molecule has 2 heterocycles. The normalized spacial score (nSPS) is 14.5. The number of rotatable bonds is 6. The second kappa shape index (κ2) is 5.97. The molecule has 2 atom stereocenters. The van der Waals surface area contributed by atoms with Crippen molar-refractivity contribution in [2.24, 2.45) is 7.05 Å². The van der Waals surface area contributed by atoms with Gasteiger partial charge in [-0.05, 0) is 12.8 Å². The highest BCUT2D eigenvalue weighted by atomic mass is 16.5. The Morgan fingerprint density at radius 3 is 2.53 bits per heavy atom. The molecule has 0 aliphatic heterocycles. The van der Waals surface area contributed by atoms with Crippen LogP contribution in [-0.4, -0.2) is 19.9 Å². The topological polar surface area (TPSA) is 68.8 Å². The van der Waals surface area contributed by atoms with Gasteiger partial charge in [-0.25, -0.2) is 0 Å². The van der Waals surface area contributed by atoms with Crippen LogP contribution in [0.3, 0.4) is 0 Å². The smallest absolute Gasteiger partial charge is 0.223 e. The minimum Gasteiger partial charge on any atom is -0.340 e. The quantitative estimate of drug-likeness (QED) is 0.866. The van der Waals surface area contributed by atoms with Crippen LogP contribution in [0.2, 0.25) is 0 Å². The highest BCUT2D eigenvalue weighted by molar-refractivity contribution is 5.11. The van der Waals surface area contributed by atoms with Crippen molar-refractivity contribution in [2.45, 2.75) is 45.7 Å². The van der Waals surface area contributed by atoms with E-state index in [1.165, 1.54) is 5.56 Å². The highest BCUT2D eigenvalue weighted by Crippen LogP contribution is 2.22. The summed E-state index contributed by atoms with van der Waals surface area (Å²) >= 11 is 0. The van der Waals surface area contributed by atoms with Gasteiger partial charge in [0.15, 0.2) is 5.82 Å². The van der Waals surface area contributed by atoms with Crippen LogP contribution in [0, 0.1) is 6.92 Å². The van der Waals surface area contributed by atoms with Crippen molar-refractivity contribution in [1.29, 1.82) is 0 Å². The molecule has 19 heavy (non-hydrogen) atoms. The molecule has 104 valence electrons. The summed E-state index contributed by atoms with van der Waals surface area (Å²) in [5, 5.41) is 11.8. The van der Waals surface area contributed by atoms with Gasteiger partial charge in [-0.2, -0.15) is 10.1 Å². The Kier molecular flexibility index (Phi) is 4.31. The van der Waals surface area contributed by atoms with Crippen LogP contribution in [0.4, 0.5) is 0 Å². The van der Waals surface area contributed by atoms with Crippen molar-refractivity contribution < 1.29 is 4.52 Å². The largest absolute Gasteiger partial charge is 0.340 e. The van der Waals surface area contributed by atoms with Crippen molar-refractivity contribution in [3.63, 3.8) is 0 Å². The molecule has 0 fully saturated rings. The maximum absolute atomic E-state index is 5.05. The molecule has 0 radical (unpaired) electrons. The Bertz CT molecular complexity index is 472. The van der Waals surface area contributed by atoms with Gasteiger partial charge in [0.2, 0.25) is 5.89 Å². The summed E-state index contributed by atoms with van der Waals surface area (Å²) in [6.45, 7) is 6.07. The van der Waals surface area contributed by atoms with Gasteiger partial charge in [0, 0.05) is 31.8 Å². The summed E-state index contributed by atoms with van der Waals surface area (Å²) < 4.78 is 6.87. The van der Waals surface area contributed by atoms with Gasteiger partial charge in [0.05, 0.1) is 12.2 Å². The van der Waals surface area contributed by atoms with Crippen molar-refractivity contribution in [2.75, 3.05) is 0 Å². The van der Waals surface area contributed by atoms with Gasteiger partial charge < -0.3 is 9.84 Å². The molecule has 1 N–H and O–H groups in total. The summed E-state index contributed by atoms with van der Waals surface area (Å²) in [6, 6.07) is 0.347. The molecule has 2 rings (SSSR count). The summed E-state index contributed by atoms with van der Waals surface area (Å²) in [7, 11) is 1.93. The zero-order chi connectivity index (χ0) is 13.8. The van der Waals surface area contributed by atoms with Gasteiger partial charge in [0.1, 0.15) is 0 Å². The van der Waals surface area contributed by atoms with Crippen LogP contribution in [-0.2, 0) is 7.05 Å². The average molecular weight is 263 g/mol. The third-order valence-corrected chi connectivity index (χ3v) is 3.20. The van der Waals surface area contributed by atoms with Gasteiger partial charge in [0.25, 0.3) is 0 Å². The van der Waals surface area contributed by atoms with E-state index in [1.54, 1.807) is 0 Å². The summed E-state index contributed by atoms with van der Waals surface area (Å²) in [5.41, 5.74) is 1.18. The molecule has 0 unspecified atom stereocenters. The number of hydrogen-bond donors (Lipinski definition) is 1. The fourth-order valence-electron chi connectivity index (χ4n) is 2.14. The lowest BCUT2D eigenvalue weighted by Crippen LogP contribution is -2.26. The van der Waals surface area contributed by atoms with E-state index in [4.69, 9.17) is 4.52 Å². The maximum atomic E-state index is 5.05. The average Bonchev–Trinajstić information content (AvgIpc) is 3.00. The molecular weight excluding hydrogens is 242 g/mol. The third kappa shape index (κ3) is 3.20. The SMILES string of the molecule is CC[C@@H](N[C@H](CC)c1noc(C)n1)c1cnn(C)c1. The van der Waals surface area contributed by atoms with Gasteiger partial charge >= 0.3 is 0 Å². The maximum Gasteiger partial charge on any atom is 0.223 e. The second-order valence-electron chi connectivity index (χ2n) is 4.71. The van der Waals surface area contributed by atoms with Crippen LogP contribution in [0.25, 0.3) is 0 Å². The zero-order valence-electron chi connectivity index (χ0n) is 11.9. The lowest BCUT2D eigenvalue weighted by Gasteiger charge is -2.21. The Hall–Kier alpha value is -1.69. The fourth-order valence-corrected chi connectivity index (χ4v) is 2.14. The first-order valence-electron chi connectivity index (χ1n) is 6.68. The molecule has 0 aromatic carbocycles. The van der Waals surface area contributed by atoms with Crippen molar-refractivity contribution in [3.8, 4) is 0 Å². The van der Waals surface area contributed by atoms with E-state index >= 15 is 0 Å². The van der Waals surface area contributed by atoms with Gasteiger partial charge in [-0.15, -0.1) is 0 Å². The molecule has 6 heteroatoms. The van der Waals surface area contributed by atoms with Crippen LogP contribution in [0.15, 0.2) is 16.9 Å². The molecule has 2 aromatic heterocycles. The molecular formula is C13H21N5O. The van der Waals surface area contributed by atoms with Crippen molar-refractivity contribution in [3.05, 3.63) is 29.7 Å². The molecule has 0 bridgehead atoms. The first-order chi connectivity index (χ1) is 9.13. The second-order valence-corrected chi connectivity index (χ2v) is 4.71. The number of nitrogens with zero attached hydrogens (tertiary/aromatic N) is 4. The van der Waals surface area contributed by atoms with Crippen molar-refractivity contribution >= 4 is 0 Å². The van der Waals surface area contributed by atoms with E-state index in [9.17, 15) is 0 Å². The minimum absolute atomic E-state index is 0.0996. The molecule has 0 aliphatic carbocycles. The molecule has 2 aromatic rings. The fraction of sp³-hybridized carbons (Fsp3) is 0.615. The molecule has 0 amide bonds. The summed E-state index contributed by atoms with van der Waals surface area (Å²) in [5.74, 6) is 1.33. The lowest BCUT2D eigenvalue weighted by atomic mass is 10.1. The van der Waals surface area contributed by atoms with E-state index in [0.717, 1.165) is 18.7 Å². The minimum atomic E-state index is 0.0996. The number of hydrogen-bond acceptors (Lipinski definition) is 5. The number of aromatic nitrogens is 4. The summed E-state index contributed by atoms with van der Waals surface area (Å²) in [6.07, 6.45) is 5.83. The first-order valence-corrected chi connectivity index (χ1v) is 6.68. The lowest BCUT2D eigenvalue weighted by molar-refractivity contribution is 0.361. The van der Waals surface area contributed by atoms with Crippen LogP contribution in [0.1, 0.15) is 56.1 Å². The van der Waals surface area contributed by atoms with E-state index < -0.39 is 0 Å². The predicted octanol–water partition coefficient (Wildman–Crippen LogP) is 2.30. The Labute approximate surface area is 113 Å². The standard InChI is InChI=1S/C13H21N5O/c1-5-11(10-7-14-18(4)8-10)16-12(6-2)13-15-9(3)19-17-13/h7-8,11-12,16H,5-6H2,1-4H3/t11-,12-/m1/s1. The van der Waals surface area contributed by atoms with Crippen LogP contribution in [0.5, 0.6) is 0 Å². The van der Waals surface area contributed by atoms with Crippen LogP contribution < -0.4 is 5.32 Å². The molecule has 6 nitrogen and oxygen atoms in total. The van der Waals surface area contributed by atoms with Crippen molar-refractivity contribution in [1.82, 2.24) is 25.2 Å². The Balaban J connectivity index is 2.12. The van der Waals surface area contributed by atoms with E-state index in [1.807, 2.05) is 31.0 Å². The van der Waals surface area contributed by atoms with Gasteiger partial charge in [-0.1, -0.05) is 19.0 Å². The molecule has 0 saturated heterocycles. The highest BCUT2D eigenvalue weighted by Gasteiger charge is 2.20. The van der Waals surface area contributed by atoms with E-state index in [0.29, 0.717) is 5.89 Å². The Morgan fingerprint density at radius 1 is 1.32 bits per heavy atom. The Morgan fingerprint density at radius 2 is 2.05 bits per heavy atom. The molecule has 0 spiro atoms. The third-order valence-electron chi connectivity index (χ3n) is 3.20. The number of aryl methyl sites for hydroxylation is 2. The summed E-state index contributed by atoms with van der Waals surface area (Å²) in [4.78, 5) is 4.31.